The largest absolute Gasteiger partial charge is 0.504 e. The number of hydrogen-bond donors (Lipinski definition) is 5. The fourth-order valence-electron chi connectivity index (χ4n) is 5.04. The third-order valence-corrected chi connectivity index (χ3v) is 6.76. The molecular formula is C23H25NO8. The average molecular weight is 443 g/mol. The molecule has 9 heteroatoms. The first kappa shape index (κ1) is 21.2. The van der Waals surface area contributed by atoms with Crippen LogP contribution in [0.4, 0.5) is 0 Å². The fraction of sp³-hybridized carbons (Fsp3) is 0.435. The molecule has 2 heterocycles. The number of nitrogens with zero attached hydrogens (tertiary/aromatic N) is 1. The molecule has 32 heavy (non-hydrogen) atoms. The molecule has 3 aliphatic rings. The number of rotatable bonds is 3. The number of likely N-dealkylation sites (N-methyl/N-ethyl adjacent to an activating group) is 1. The Kier molecular flexibility index (Phi) is 5.11. The van der Waals surface area contributed by atoms with E-state index in [9.17, 15) is 30.3 Å². The summed E-state index contributed by atoms with van der Waals surface area (Å²) >= 11 is 0. The molecular weight excluding hydrogens is 418 g/mol. The number of phenols is 1. The van der Waals surface area contributed by atoms with E-state index in [1.807, 2.05) is 18.2 Å². The van der Waals surface area contributed by atoms with Gasteiger partial charge in [0.15, 0.2) is 17.6 Å². The molecule has 1 fully saturated rings. The Bertz CT molecular complexity index is 1070. The molecule has 0 saturated carbocycles. The lowest BCUT2D eigenvalue weighted by molar-refractivity contribution is -0.271. The summed E-state index contributed by atoms with van der Waals surface area (Å²) in [6.45, 7) is 0.958. The van der Waals surface area contributed by atoms with Crippen LogP contribution < -0.4 is 4.74 Å². The number of carboxylic acids is 1. The van der Waals surface area contributed by atoms with Gasteiger partial charge in [-0.25, -0.2) is 4.79 Å². The maximum atomic E-state index is 11.3. The number of ether oxygens (including phenoxy) is 2. The standard InChI is InChI=1S/C23H25NO8/c1-24-8-7-10-3-2-4-12-15(10)13(24)9-11-5-6-14(17(25)16(11)12)31-23-20(28)18(26)19(27)21(32-23)22(29)30/h2-6,13,18-21,23,25-28H,7-9H2,1H3,(H,29,30)/t13-,18?,19-,20?,21?,23-/m1/s1. The Morgan fingerprint density at radius 1 is 1.09 bits per heavy atom. The van der Waals surface area contributed by atoms with Crippen molar-refractivity contribution in [1.82, 2.24) is 4.90 Å². The second kappa shape index (κ2) is 7.72. The maximum Gasteiger partial charge on any atom is 0.335 e. The van der Waals surface area contributed by atoms with Crippen LogP contribution in [0, 0.1) is 0 Å². The molecule has 5 rings (SSSR count). The van der Waals surface area contributed by atoms with E-state index >= 15 is 0 Å². The molecule has 9 nitrogen and oxygen atoms in total. The van der Waals surface area contributed by atoms with E-state index in [0.29, 0.717) is 5.56 Å². The zero-order chi connectivity index (χ0) is 22.7. The van der Waals surface area contributed by atoms with Crippen LogP contribution in [0.3, 0.4) is 0 Å². The summed E-state index contributed by atoms with van der Waals surface area (Å²) in [5, 5.41) is 50.5. The molecule has 0 spiro atoms. The monoisotopic (exact) mass is 443 g/mol. The number of benzene rings is 2. The lowest BCUT2D eigenvalue weighted by atomic mass is 9.77. The van der Waals surface area contributed by atoms with Crippen LogP contribution in [-0.2, 0) is 22.4 Å². The summed E-state index contributed by atoms with van der Waals surface area (Å²) in [5.74, 6) is -1.66. The highest BCUT2D eigenvalue weighted by molar-refractivity contribution is 5.82. The van der Waals surface area contributed by atoms with Gasteiger partial charge in [-0.1, -0.05) is 24.3 Å². The van der Waals surface area contributed by atoms with Gasteiger partial charge in [0, 0.05) is 18.2 Å². The summed E-state index contributed by atoms with van der Waals surface area (Å²) in [6, 6.07) is 9.60. The third kappa shape index (κ3) is 3.16. The minimum atomic E-state index is -1.82. The van der Waals surface area contributed by atoms with Gasteiger partial charge in [0.2, 0.25) is 6.29 Å². The minimum absolute atomic E-state index is 0.0132. The number of fused-ring (bicyclic) bond motifs is 2. The normalized spacial score (nSPS) is 31.5. The SMILES string of the molecule is CN1CCc2cccc3c2[C@H]1Cc1ccc(O[C@@H]2OC(C(=O)O)[C@H](O)C(O)C2O)c(O)c1-3. The molecule has 170 valence electrons. The number of aliphatic hydroxyl groups excluding tert-OH is 3. The second-order valence-corrected chi connectivity index (χ2v) is 8.63. The number of carbonyl (C=O) groups is 1. The molecule has 0 radical (unpaired) electrons. The van der Waals surface area contributed by atoms with Crippen LogP contribution >= 0.6 is 0 Å². The molecule has 1 saturated heterocycles. The number of carboxylic acid groups (broad SMARTS) is 1. The first-order valence-electron chi connectivity index (χ1n) is 10.5. The van der Waals surface area contributed by atoms with Crippen LogP contribution in [0.25, 0.3) is 11.1 Å². The molecule has 6 atom stereocenters. The van der Waals surface area contributed by atoms with Gasteiger partial charge in [-0.15, -0.1) is 0 Å². The van der Waals surface area contributed by atoms with E-state index in [4.69, 9.17) is 9.47 Å². The van der Waals surface area contributed by atoms with Crippen molar-refractivity contribution in [2.24, 2.45) is 0 Å². The average Bonchev–Trinajstić information content (AvgIpc) is 2.77. The Balaban J connectivity index is 1.52. The Morgan fingerprint density at radius 3 is 2.62 bits per heavy atom. The minimum Gasteiger partial charge on any atom is -0.504 e. The summed E-state index contributed by atoms with van der Waals surface area (Å²) < 4.78 is 10.8. The zero-order valence-corrected chi connectivity index (χ0v) is 17.4. The molecule has 3 unspecified atom stereocenters. The highest BCUT2D eigenvalue weighted by atomic mass is 16.7. The van der Waals surface area contributed by atoms with E-state index in [2.05, 4.69) is 18.0 Å². The first-order valence-corrected chi connectivity index (χ1v) is 10.5. The lowest BCUT2D eigenvalue weighted by Gasteiger charge is -2.40. The van der Waals surface area contributed by atoms with E-state index in [-0.39, 0.29) is 17.5 Å². The smallest absolute Gasteiger partial charge is 0.335 e. The zero-order valence-electron chi connectivity index (χ0n) is 17.4. The number of hydrogen-bond acceptors (Lipinski definition) is 8. The van der Waals surface area contributed by atoms with Gasteiger partial charge in [0.25, 0.3) is 0 Å². The molecule has 2 aromatic rings. The predicted octanol–water partition coefficient (Wildman–Crippen LogP) is 0.415. The van der Waals surface area contributed by atoms with Crippen molar-refractivity contribution in [2.45, 2.75) is 49.6 Å². The Hall–Kier alpha value is -2.69. The van der Waals surface area contributed by atoms with Gasteiger partial charge < -0.3 is 35.0 Å². The number of phenolic OH excluding ortho intramolecular Hbond substituents is 1. The Morgan fingerprint density at radius 2 is 1.88 bits per heavy atom. The van der Waals surface area contributed by atoms with Gasteiger partial charge in [0.1, 0.15) is 18.3 Å². The predicted molar refractivity (Wildman–Crippen MR) is 111 cm³/mol. The van der Waals surface area contributed by atoms with Crippen molar-refractivity contribution in [3.05, 3.63) is 47.0 Å². The fourth-order valence-corrected chi connectivity index (χ4v) is 5.04. The molecule has 0 amide bonds. The van der Waals surface area contributed by atoms with Crippen LogP contribution in [0.1, 0.15) is 22.7 Å². The molecule has 1 aliphatic carbocycles. The lowest BCUT2D eigenvalue weighted by Crippen LogP contribution is -2.61. The molecule has 0 aromatic heterocycles. The highest BCUT2D eigenvalue weighted by Gasteiger charge is 2.48. The quantitative estimate of drug-likeness (QED) is 0.456. The highest BCUT2D eigenvalue weighted by Crippen LogP contribution is 2.50. The third-order valence-electron chi connectivity index (χ3n) is 6.76. The molecule has 2 aliphatic heterocycles. The van der Waals surface area contributed by atoms with Crippen LogP contribution in [0.2, 0.25) is 0 Å². The van der Waals surface area contributed by atoms with Gasteiger partial charge in [-0.3, -0.25) is 4.90 Å². The maximum absolute atomic E-state index is 11.3. The summed E-state index contributed by atoms with van der Waals surface area (Å²) in [4.78, 5) is 13.7. The summed E-state index contributed by atoms with van der Waals surface area (Å²) in [7, 11) is 2.09. The second-order valence-electron chi connectivity index (χ2n) is 8.63. The van der Waals surface area contributed by atoms with Gasteiger partial charge >= 0.3 is 5.97 Å². The van der Waals surface area contributed by atoms with Crippen molar-refractivity contribution in [2.75, 3.05) is 13.6 Å². The van der Waals surface area contributed by atoms with E-state index in [1.54, 1.807) is 0 Å². The van der Waals surface area contributed by atoms with Crippen molar-refractivity contribution in [1.29, 1.82) is 0 Å². The summed E-state index contributed by atoms with van der Waals surface area (Å²) in [5.41, 5.74) is 4.91. The number of aromatic hydroxyl groups is 1. The van der Waals surface area contributed by atoms with Gasteiger partial charge in [-0.05, 0) is 48.2 Å². The van der Waals surface area contributed by atoms with Crippen molar-refractivity contribution in [3.63, 3.8) is 0 Å². The number of aliphatic carboxylic acids is 1. The summed E-state index contributed by atoms with van der Waals surface area (Å²) in [6.07, 6.45) is -7.05. The first-order chi connectivity index (χ1) is 15.3. The van der Waals surface area contributed by atoms with E-state index in [1.165, 1.54) is 17.2 Å². The van der Waals surface area contributed by atoms with Crippen molar-refractivity contribution >= 4 is 5.97 Å². The topological polar surface area (TPSA) is 140 Å². The van der Waals surface area contributed by atoms with Crippen molar-refractivity contribution in [3.8, 4) is 22.6 Å². The van der Waals surface area contributed by atoms with Gasteiger partial charge in [-0.2, -0.15) is 0 Å². The van der Waals surface area contributed by atoms with E-state index < -0.39 is 36.7 Å². The van der Waals surface area contributed by atoms with Gasteiger partial charge in [0.05, 0.1) is 0 Å². The van der Waals surface area contributed by atoms with Crippen molar-refractivity contribution < 1.29 is 39.8 Å². The van der Waals surface area contributed by atoms with Crippen LogP contribution in [0.15, 0.2) is 30.3 Å². The van der Waals surface area contributed by atoms with Crippen LogP contribution in [-0.4, -0.2) is 80.7 Å². The molecule has 2 aromatic carbocycles. The number of aliphatic hydroxyl groups is 3. The van der Waals surface area contributed by atoms with Crippen LogP contribution in [0.5, 0.6) is 11.5 Å². The van der Waals surface area contributed by atoms with E-state index in [0.717, 1.165) is 30.5 Å². The Labute approximate surface area is 184 Å². The molecule has 0 bridgehead atoms. The molecule has 5 N–H and O–H groups in total.